The predicted molar refractivity (Wildman–Crippen MR) is 103 cm³/mol. The standard InChI is InChI=1S/C19H17N3O3S/c1-12-9-13(2)18-16(10-12)26-19(21(18)3)20-17(23)8-7-14-5-4-6-15(11-14)22(24)25/h4-11H,1-3H3. The highest BCUT2D eigenvalue weighted by Gasteiger charge is 2.08. The molecular formula is C19H17N3O3S. The van der Waals surface area contributed by atoms with Crippen LogP contribution in [0.3, 0.4) is 0 Å². The van der Waals surface area contributed by atoms with E-state index in [1.807, 2.05) is 25.5 Å². The van der Waals surface area contributed by atoms with Crippen LogP contribution < -0.4 is 4.80 Å². The number of rotatable bonds is 3. The molecule has 0 saturated carbocycles. The molecule has 0 atom stereocenters. The quantitative estimate of drug-likeness (QED) is 0.400. The molecule has 7 heteroatoms. The maximum atomic E-state index is 12.2. The maximum absolute atomic E-state index is 12.2. The van der Waals surface area contributed by atoms with E-state index in [0.717, 1.165) is 15.8 Å². The molecule has 0 saturated heterocycles. The third-order valence-electron chi connectivity index (χ3n) is 3.94. The lowest BCUT2D eigenvalue weighted by Gasteiger charge is -2.01. The van der Waals surface area contributed by atoms with E-state index in [4.69, 9.17) is 0 Å². The second kappa shape index (κ2) is 7.05. The van der Waals surface area contributed by atoms with Crippen molar-refractivity contribution in [2.24, 2.45) is 12.0 Å². The summed E-state index contributed by atoms with van der Waals surface area (Å²) in [5, 5.41) is 10.8. The molecule has 0 aliphatic heterocycles. The molecule has 0 spiro atoms. The van der Waals surface area contributed by atoms with Gasteiger partial charge in [0.2, 0.25) is 0 Å². The van der Waals surface area contributed by atoms with Gasteiger partial charge in [-0.1, -0.05) is 29.5 Å². The fourth-order valence-electron chi connectivity index (χ4n) is 2.83. The zero-order chi connectivity index (χ0) is 18.8. The zero-order valence-electron chi connectivity index (χ0n) is 14.6. The van der Waals surface area contributed by atoms with Crippen LogP contribution in [0.1, 0.15) is 16.7 Å². The number of non-ortho nitro benzene ring substituents is 1. The van der Waals surface area contributed by atoms with E-state index in [9.17, 15) is 14.9 Å². The Labute approximate surface area is 153 Å². The first-order valence-electron chi connectivity index (χ1n) is 7.93. The Balaban J connectivity index is 1.93. The van der Waals surface area contributed by atoms with Crippen LogP contribution in [0.25, 0.3) is 16.3 Å². The van der Waals surface area contributed by atoms with E-state index in [2.05, 4.69) is 17.1 Å². The molecule has 1 heterocycles. The van der Waals surface area contributed by atoms with Gasteiger partial charge in [-0.05, 0) is 42.7 Å². The van der Waals surface area contributed by atoms with Crippen LogP contribution in [0.5, 0.6) is 0 Å². The molecule has 0 radical (unpaired) electrons. The van der Waals surface area contributed by atoms with Crippen LogP contribution >= 0.6 is 11.3 Å². The Bertz CT molecular complexity index is 1120. The smallest absolute Gasteiger partial charge is 0.272 e. The van der Waals surface area contributed by atoms with E-state index < -0.39 is 10.8 Å². The molecule has 0 unspecified atom stereocenters. The number of carbonyl (C=O) groups is 1. The summed E-state index contributed by atoms with van der Waals surface area (Å²) in [6, 6.07) is 10.3. The van der Waals surface area contributed by atoms with E-state index in [1.165, 1.54) is 41.2 Å². The lowest BCUT2D eigenvalue weighted by molar-refractivity contribution is -0.384. The number of amides is 1. The second-order valence-electron chi connectivity index (χ2n) is 6.01. The van der Waals surface area contributed by atoms with Crippen molar-refractivity contribution >= 4 is 39.2 Å². The van der Waals surface area contributed by atoms with Gasteiger partial charge in [0.05, 0.1) is 15.1 Å². The highest BCUT2D eigenvalue weighted by atomic mass is 32.1. The number of aryl methyl sites for hydroxylation is 3. The highest BCUT2D eigenvalue weighted by molar-refractivity contribution is 7.16. The summed E-state index contributed by atoms with van der Waals surface area (Å²) in [6.45, 7) is 4.08. The molecule has 0 bridgehead atoms. The lowest BCUT2D eigenvalue weighted by Crippen LogP contribution is -2.12. The van der Waals surface area contributed by atoms with Gasteiger partial charge in [0.1, 0.15) is 0 Å². The Morgan fingerprint density at radius 1 is 1.27 bits per heavy atom. The zero-order valence-corrected chi connectivity index (χ0v) is 15.4. The molecule has 6 nitrogen and oxygen atoms in total. The summed E-state index contributed by atoms with van der Waals surface area (Å²) >= 11 is 1.46. The van der Waals surface area contributed by atoms with Crippen molar-refractivity contribution in [3.8, 4) is 0 Å². The Hall–Kier alpha value is -3.06. The van der Waals surface area contributed by atoms with Crippen molar-refractivity contribution in [2.75, 3.05) is 0 Å². The molecule has 1 amide bonds. The molecule has 1 aromatic heterocycles. The van der Waals surface area contributed by atoms with Crippen LogP contribution in [-0.4, -0.2) is 15.4 Å². The third kappa shape index (κ3) is 3.62. The number of aromatic nitrogens is 1. The Kier molecular flexibility index (Phi) is 4.81. The lowest BCUT2D eigenvalue weighted by atomic mass is 10.1. The number of nitro groups is 1. The van der Waals surface area contributed by atoms with E-state index in [0.29, 0.717) is 10.4 Å². The van der Waals surface area contributed by atoms with E-state index in [1.54, 1.807) is 12.1 Å². The van der Waals surface area contributed by atoms with Crippen molar-refractivity contribution in [3.63, 3.8) is 0 Å². The minimum atomic E-state index is -0.467. The number of hydrogen-bond acceptors (Lipinski definition) is 4. The van der Waals surface area contributed by atoms with Gasteiger partial charge in [-0.2, -0.15) is 4.99 Å². The summed E-state index contributed by atoms with van der Waals surface area (Å²) in [4.78, 5) is 27.3. The summed E-state index contributed by atoms with van der Waals surface area (Å²) < 4.78 is 2.99. The number of thiazole rings is 1. The minimum absolute atomic E-state index is 0.0155. The van der Waals surface area contributed by atoms with Gasteiger partial charge in [0.25, 0.3) is 11.6 Å². The fraction of sp³-hybridized carbons (Fsp3) is 0.158. The number of fused-ring (bicyclic) bond motifs is 1. The topological polar surface area (TPSA) is 77.5 Å². The van der Waals surface area contributed by atoms with Crippen LogP contribution in [0, 0.1) is 24.0 Å². The molecule has 3 aromatic rings. The van der Waals surface area contributed by atoms with Gasteiger partial charge in [-0.3, -0.25) is 14.9 Å². The highest BCUT2D eigenvalue weighted by Crippen LogP contribution is 2.22. The predicted octanol–water partition coefficient (Wildman–Crippen LogP) is 3.91. The van der Waals surface area contributed by atoms with Gasteiger partial charge < -0.3 is 4.57 Å². The molecule has 0 aliphatic rings. The monoisotopic (exact) mass is 367 g/mol. The van der Waals surface area contributed by atoms with Crippen LogP contribution in [0.15, 0.2) is 47.5 Å². The van der Waals surface area contributed by atoms with Crippen LogP contribution in [-0.2, 0) is 11.8 Å². The van der Waals surface area contributed by atoms with Gasteiger partial charge in [0, 0.05) is 25.3 Å². The number of nitro benzene ring substituents is 1. The van der Waals surface area contributed by atoms with Gasteiger partial charge in [-0.25, -0.2) is 0 Å². The molecule has 2 aromatic carbocycles. The molecular weight excluding hydrogens is 350 g/mol. The summed E-state index contributed by atoms with van der Waals surface area (Å²) in [5.74, 6) is -0.409. The number of carbonyl (C=O) groups excluding carboxylic acids is 1. The number of hydrogen-bond donors (Lipinski definition) is 0. The Morgan fingerprint density at radius 2 is 2.04 bits per heavy atom. The van der Waals surface area contributed by atoms with Gasteiger partial charge in [-0.15, -0.1) is 0 Å². The minimum Gasteiger partial charge on any atom is -0.319 e. The first kappa shape index (κ1) is 17.8. The molecule has 0 aliphatic carbocycles. The summed E-state index contributed by atoms with van der Waals surface area (Å²) in [5.41, 5.74) is 3.93. The molecule has 0 fully saturated rings. The average Bonchev–Trinajstić information content (AvgIpc) is 2.89. The van der Waals surface area contributed by atoms with Crippen molar-refractivity contribution in [1.82, 2.24) is 4.57 Å². The molecule has 26 heavy (non-hydrogen) atoms. The first-order valence-corrected chi connectivity index (χ1v) is 8.75. The summed E-state index contributed by atoms with van der Waals surface area (Å²) in [7, 11) is 1.89. The van der Waals surface area contributed by atoms with E-state index in [-0.39, 0.29) is 5.69 Å². The van der Waals surface area contributed by atoms with Crippen LogP contribution in [0.2, 0.25) is 0 Å². The summed E-state index contributed by atoms with van der Waals surface area (Å²) in [6.07, 6.45) is 2.85. The number of nitrogens with zero attached hydrogens (tertiary/aromatic N) is 3. The molecule has 3 rings (SSSR count). The SMILES string of the molecule is Cc1cc(C)c2c(c1)sc(=NC(=O)C=Cc1cccc([N+](=O)[O-])c1)n2C. The van der Waals surface area contributed by atoms with Gasteiger partial charge >= 0.3 is 0 Å². The average molecular weight is 367 g/mol. The molecule has 0 N–H and O–H groups in total. The third-order valence-corrected chi connectivity index (χ3v) is 5.02. The van der Waals surface area contributed by atoms with Crippen molar-refractivity contribution in [1.29, 1.82) is 0 Å². The normalized spacial score (nSPS) is 12.2. The van der Waals surface area contributed by atoms with Crippen molar-refractivity contribution in [2.45, 2.75) is 13.8 Å². The largest absolute Gasteiger partial charge is 0.319 e. The van der Waals surface area contributed by atoms with Gasteiger partial charge in [0.15, 0.2) is 4.80 Å². The second-order valence-corrected chi connectivity index (χ2v) is 7.02. The van der Waals surface area contributed by atoms with Crippen LogP contribution in [0.4, 0.5) is 5.69 Å². The fourth-order valence-corrected chi connectivity index (χ4v) is 4.03. The Morgan fingerprint density at radius 3 is 2.77 bits per heavy atom. The first-order chi connectivity index (χ1) is 12.3. The molecule has 132 valence electrons. The van der Waals surface area contributed by atoms with E-state index >= 15 is 0 Å². The van der Waals surface area contributed by atoms with Crippen molar-refractivity contribution in [3.05, 3.63) is 74.1 Å². The maximum Gasteiger partial charge on any atom is 0.272 e. The van der Waals surface area contributed by atoms with Crippen molar-refractivity contribution < 1.29 is 9.72 Å². The number of benzene rings is 2.